The smallest absolute Gasteiger partial charge is 0.241 e. The summed E-state index contributed by atoms with van der Waals surface area (Å²) in [5.74, 6) is 1.14. The van der Waals surface area contributed by atoms with Crippen LogP contribution >= 0.6 is 23.2 Å². The van der Waals surface area contributed by atoms with Gasteiger partial charge in [0.15, 0.2) is 0 Å². The van der Waals surface area contributed by atoms with E-state index in [1.165, 1.54) is 5.56 Å². The average molecular weight is 348 g/mol. The second kappa shape index (κ2) is 7.13. The average Bonchev–Trinajstić information content (AvgIpc) is 2.98. The van der Waals surface area contributed by atoms with Crippen molar-refractivity contribution in [2.75, 3.05) is 7.05 Å². The Labute approximate surface area is 144 Å². The van der Waals surface area contributed by atoms with Crippen molar-refractivity contribution in [3.63, 3.8) is 0 Å². The summed E-state index contributed by atoms with van der Waals surface area (Å²) < 4.78 is 5.32. The Bertz CT molecular complexity index is 769. The fourth-order valence-electron chi connectivity index (χ4n) is 2.22. The van der Waals surface area contributed by atoms with Gasteiger partial charge >= 0.3 is 0 Å². The third-order valence-electron chi connectivity index (χ3n) is 3.34. The first-order valence-corrected chi connectivity index (χ1v) is 7.87. The van der Waals surface area contributed by atoms with Crippen molar-refractivity contribution in [1.29, 1.82) is 0 Å². The van der Waals surface area contributed by atoms with Crippen LogP contribution in [0.3, 0.4) is 0 Å². The Morgan fingerprint density at radius 3 is 2.17 bits per heavy atom. The molecule has 0 spiro atoms. The lowest BCUT2D eigenvalue weighted by atomic mass is 10.2. The van der Waals surface area contributed by atoms with E-state index in [1.807, 2.05) is 43.4 Å². The second-order valence-corrected chi connectivity index (χ2v) is 6.19. The van der Waals surface area contributed by atoms with Crippen molar-refractivity contribution in [3.8, 4) is 11.4 Å². The Kier molecular flexibility index (Phi) is 4.96. The molecule has 0 fully saturated rings. The molecule has 0 bridgehead atoms. The van der Waals surface area contributed by atoms with Crippen LogP contribution in [0.4, 0.5) is 0 Å². The first-order chi connectivity index (χ1) is 11.1. The zero-order valence-corrected chi connectivity index (χ0v) is 14.1. The summed E-state index contributed by atoms with van der Waals surface area (Å²) in [5, 5.41) is 5.43. The number of benzene rings is 2. The topological polar surface area (TPSA) is 42.2 Å². The number of nitrogens with zero attached hydrogens (tertiary/aromatic N) is 3. The largest absolute Gasteiger partial charge is 0.338 e. The van der Waals surface area contributed by atoms with E-state index in [2.05, 4.69) is 15.0 Å². The maximum absolute atomic E-state index is 5.89. The van der Waals surface area contributed by atoms with Crippen LogP contribution in [0.25, 0.3) is 11.4 Å². The fraction of sp³-hybridized carbons (Fsp3) is 0.176. The van der Waals surface area contributed by atoms with Crippen LogP contribution in [-0.2, 0) is 13.1 Å². The monoisotopic (exact) mass is 347 g/mol. The van der Waals surface area contributed by atoms with Crippen molar-refractivity contribution in [2.45, 2.75) is 13.1 Å². The molecule has 0 aliphatic carbocycles. The van der Waals surface area contributed by atoms with Gasteiger partial charge in [0.2, 0.25) is 11.7 Å². The highest BCUT2D eigenvalue weighted by Gasteiger charge is 2.11. The van der Waals surface area contributed by atoms with Crippen LogP contribution in [0.5, 0.6) is 0 Å². The van der Waals surface area contributed by atoms with E-state index >= 15 is 0 Å². The molecule has 0 saturated heterocycles. The molecule has 0 aliphatic heterocycles. The first-order valence-electron chi connectivity index (χ1n) is 7.11. The van der Waals surface area contributed by atoms with E-state index in [1.54, 1.807) is 12.1 Å². The molecule has 0 amide bonds. The van der Waals surface area contributed by atoms with Crippen LogP contribution in [-0.4, -0.2) is 22.1 Å². The van der Waals surface area contributed by atoms with Crippen molar-refractivity contribution in [2.24, 2.45) is 0 Å². The third kappa shape index (κ3) is 4.32. The molecule has 6 heteroatoms. The van der Waals surface area contributed by atoms with E-state index < -0.39 is 0 Å². The normalized spacial score (nSPS) is 11.1. The molecule has 118 valence electrons. The highest BCUT2D eigenvalue weighted by Crippen LogP contribution is 2.19. The minimum atomic E-state index is 0.566. The van der Waals surface area contributed by atoms with Crippen LogP contribution in [0.15, 0.2) is 53.1 Å². The number of hydrogen-bond acceptors (Lipinski definition) is 4. The Hall–Kier alpha value is -1.88. The fourth-order valence-corrected chi connectivity index (χ4v) is 2.48. The molecule has 3 rings (SSSR count). The predicted octanol–water partition coefficient (Wildman–Crippen LogP) is 4.68. The molecule has 1 heterocycles. The molecule has 0 atom stereocenters. The van der Waals surface area contributed by atoms with Gasteiger partial charge in [-0.15, -0.1) is 0 Å². The number of rotatable bonds is 5. The van der Waals surface area contributed by atoms with E-state index in [4.69, 9.17) is 27.7 Å². The van der Waals surface area contributed by atoms with Gasteiger partial charge in [0, 0.05) is 22.2 Å². The summed E-state index contributed by atoms with van der Waals surface area (Å²) >= 11 is 11.8. The minimum Gasteiger partial charge on any atom is -0.338 e. The molecule has 0 N–H and O–H groups in total. The summed E-state index contributed by atoms with van der Waals surface area (Å²) in [4.78, 5) is 6.52. The van der Waals surface area contributed by atoms with Crippen LogP contribution in [0, 0.1) is 0 Å². The molecule has 4 nitrogen and oxygen atoms in total. The van der Waals surface area contributed by atoms with Gasteiger partial charge in [0.1, 0.15) is 0 Å². The molecular formula is C17H15Cl2N3O. The van der Waals surface area contributed by atoms with Gasteiger partial charge in [0.25, 0.3) is 0 Å². The number of halogens is 2. The molecule has 1 aromatic heterocycles. The highest BCUT2D eigenvalue weighted by atomic mass is 35.5. The van der Waals surface area contributed by atoms with Crippen molar-refractivity contribution in [3.05, 3.63) is 70.0 Å². The van der Waals surface area contributed by atoms with Crippen molar-refractivity contribution >= 4 is 23.2 Å². The molecular weight excluding hydrogens is 333 g/mol. The van der Waals surface area contributed by atoms with Gasteiger partial charge in [-0.3, -0.25) is 4.90 Å². The lowest BCUT2D eigenvalue weighted by molar-refractivity contribution is 0.261. The summed E-state index contributed by atoms with van der Waals surface area (Å²) in [7, 11) is 2.00. The van der Waals surface area contributed by atoms with Crippen molar-refractivity contribution in [1.82, 2.24) is 15.0 Å². The van der Waals surface area contributed by atoms with E-state index in [9.17, 15) is 0 Å². The predicted molar refractivity (Wildman–Crippen MR) is 91.4 cm³/mol. The quantitative estimate of drug-likeness (QED) is 0.672. The maximum atomic E-state index is 5.89. The third-order valence-corrected chi connectivity index (χ3v) is 3.85. The van der Waals surface area contributed by atoms with Crippen LogP contribution in [0.2, 0.25) is 10.0 Å². The SMILES string of the molecule is CN(Cc1ccc(Cl)cc1)Cc1nc(-c2ccc(Cl)cc2)no1. The second-order valence-electron chi connectivity index (χ2n) is 5.32. The van der Waals surface area contributed by atoms with Gasteiger partial charge in [0.05, 0.1) is 6.54 Å². The summed E-state index contributed by atoms with van der Waals surface area (Å²) in [5.41, 5.74) is 2.05. The molecule has 23 heavy (non-hydrogen) atoms. The van der Waals surface area contributed by atoms with Crippen LogP contribution < -0.4 is 0 Å². The Morgan fingerprint density at radius 2 is 1.52 bits per heavy atom. The van der Waals surface area contributed by atoms with E-state index in [0.717, 1.165) is 17.1 Å². The molecule has 0 aliphatic rings. The molecule has 3 aromatic rings. The highest BCUT2D eigenvalue weighted by molar-refractivity contribution is 6.30. The standard InChI is InChI=1S/C17H15Cl2N3O/c1-22(10-12-2-6-14(18)7-3-12)11-16-20-17(21-23-16)13-4-8-15(19)9-5-13/h2-9H,10-11H2,1H3. The van der Waals surface area contributed by atoms with Gasteiger partial charge in [-0.1, -0.05) is 40.5 Å². The molecule has 0 unspecified atom stereocenters. The zero-order valence-electron chi connectivity index (χ0n) is 12.5. The lowest BCUT2D eigenvalue weighted by Crippen LogP contribution is -2.17. The molecule has 0 radical (unpaired) electrons. The summed E-state index contributed by atoms with van der Waals surface area (Å²) in [6, 6.07) is 15.1. The van der Waals surface area contributed by atoms with Crippen molar-refractivity contribution < 1.29 is 4.52 Å². The summed E-state index contributed by atoms with van der Waals surface area (Å²) in [6.07, 6.45) is 0. The Morgan fingerprint density at radius 1 is 0.913 bits per heavy atom. The van der Waals surface area contributed by atoms with E-state index in [0.29, 0.717) is 23.3 Å². The van der Waals surface area contributed by atoms with E-state index in [-0.39, 0.29) is 0 Å². The molecule has 2 aromatic carbocycles. The summed E-state index contributed by atoms with van der Waals surface area (Å²) in [6.45, 7) is 1.35. The van der Waals surface area contributed by atoms with Gasteiger partial charge < -0.3 is 4.52 Å². The lowest BCUT2D eigenvalue weighted by Gasteiger charge is -2.13. The molecule has 0 saturated carbocycles. The first kappa shape index (κ1) is 16.0. The van der Waals surface area contributed by atoms with Crippen LogP contribution in [0.1, 0.15) is 11.5 Å². The Balaban J connectivity index is 1.64. The minimum absolute atomic E-state index is 0.566. The number of hydrogen-bond donors (Lipinski definition) is 0. The van der Waals surface area contributed by atoms with Gasteiger partial charge in [-0.05, 0) is 49.0 Å². The zero-order chi connectivity index (χ0) is 16.2. The van der Waals surface area contributed by atoms with Gasteiger partial charge in [-0.2, -0.15) is 4.98 Å². The number of aromatic nitrogens is 2. The van der Waals surface area contributed by atoms with Gasteiger partial charge in [-0.25, -0.2) is 0 Å². The maximum Gasteiger partial charge on any atom is 0.241 e.